The third-order valence-corrected chi connectivity index (χ3v) is 4.03. The number of anilines is 1. The van der Waals surface area contributed by atoms with Gasteiger partial charge in [-0.1, -0.05) is 0 Å². The first-order valence-electron chi connectivity index (χ1n) is 6.99. The molecule has 1 aliphatic carbocycles. The number of rotatable bonds is 4. The minimum Gasteiger partial charge on any atom is -0.350 e. The summed E-state index contributed by atoms with van der Waals surface area (Å²) >= 11 is 0. The second-order valence-electron chi connectivity index (χ2n) is 6.11. The second kappa shape index (κ2) is 4.50. The van der Waals surface area contributed by atoms with E-state index in [4.69, 9.17) is 0 Å². The molecule has 0 spiro atoms. The van der Waals surface area contributed by atoms with Crippen molar-refractivity contribution in [3.8, 4) is 0 Å². The molecule has 0 aromatic carbocycles. The minimum atomic E-state index is 0.225. The summed E-state index contributed by atoms with van der Waals surface area (Å²) in [6, 6.07) is 4.94. The number of aromatic nitrogens is 2. The van der Waals surface area contributed by atoms with Crippen molar-refractivity contribution < 1.29 is 0 Å². The predicted molar refractivity (Wildman–Crippen MR) is 72.6 cm³/mol. The standard InChI is InChI=1S/C14H22N4/c1-14(2)8-3-9-18(14)13-7-6-12(16-17-13)10-15-11-4-5-11/h6-7,11,15H,3-5,8-10H2,1-2H3. The maximum absolute atomic E-state index is 4.39. The molecule has 18 heavy (non-hydrogen) atoms. The highest BCUT2D eigenvalue weighted by Gasteiger charge is 2.32. The predicted octanol–water partition coefficient (Wildman–Crippen LogP) is 2.11. The van der Waals surface area contributed by atoms with Crippen LogP contribution in [0.3, 0.4) is 0 Å². The van der Waals surface area contributed by atoms with Crippen LogP contribution in [0.25, 0.3) is 0 Å². The van der Waals surface area contributed by atoms with E-state index in [-0.39, 0.29) is 5.54 Å². The molecule has 2 aliphatic rings. The molecule has 1 saturated heterocycles. The average molecular weight is 246 g/mol. The van der Waals surface area contributed by atoms with Gasteiger partial charge in [0.1, 0.15) is 0 Å². The largest absolute Gasteiger partial charge is 0.350 e. The van der Waals surface area contributed by atoms with Crippen LogP contribution >= 0.6 is 0 Å². The van der Waals surface area contributed by atoms with Crippen molar-refractivity contribution in [2.45, 2.75) is 57.7 Å². The number of nitrogens with one attached hydrogen (secondary N) is 1. The normalized spacial score (nSPS) is 22.4. The van der Waals surface area contributed by atoms with Crippen LogP contribution in [0.2, 0.25) is 0 Å². The summed E-state index contributed by atoms with van der Waals surface area (Å²) in [7, 11) is 0. The fourth-order valence-corrected chi connectivity index (χ4v) is 2.66. The summed E-state index contributed by atoms with van der Waals surface area (Å²) in [6.45, 7) is 6.51. The third-order valence-electron chi connectivity index (χ3n) is 4.03. The molecule has 4 nitrogen and oxygen atoms in total. The van der Waals surface area contributed by atoms with Gasteiger partial charge in [0.15, 0.2) is 5.82 Å². The summed E-state index contributed by atoms with van der Waals surface area (Å²) in [5.74, 6) is 1.02. The lowest BCUT2D eigenvalue weighted by molar-refractivity contribution is 0.512. The van der Waals surface area contributed by atoms with Crippen LogP contribution in [0, 0.1) is 0 Å². The van der Waals surface area contributed by atoms with Gasteiger partial charge >= 0.3 is 0 Å². The van der Waals surface area contributed by atoms with E-state index in [1.807, 2.05) is 0 Å². The van der Waals surface area contributed by atoms with Crippen LogP contribution in [0.1, 0.15) is 45.2 Å². The monoisotopic (exact) mass is 246 g/mol. The highest BCUT2D eigenvalue weighted by molar-refractivity contribution is 5.42. The van der Waals surface area contributed by atoms with Gasteiger partial charge in [0.2, 0.25) is 0 Å². The zero-order valence-electron chi connectivity index (χ0n) is 11.3. The lowest BCUT2D eigenvalue weighted by Crippen LogP contribution is -2.38. The van der Waals surface area contributed by atoms with Crippen LogP contribution in [0.15, 0.2) is 12.1 Å². The Kier molecular flexibility index (Phi) is 2.98. The van der Waals surface area contributed by atoms with Gasteiger partial charge in [-0.05, 0) is 51.7 Å². The molecule has 2 heterocycles. The summed E-state index contributed by atoms with van der Waals surface area (Å²) in [5, 5.41) is 12.2. The van der Waals surface area contributed by atoms with Gasteiger partial charge in [-0.25, -0.2) is 0 Å². The first-order valence-corrected chi connectivity index (χ1v) is 6.99. The molecular weight excluding hydrogens is 224 g/mol. The topological polar surface area (TPSA) is 41.0 Å². The van der Waals surface area contributed by atoms with Gasteiger partial charge in [0.05, 0.1) is 5.69 Å². The summed E-state index contributed by atoms with van der Waals surface area (Å²) in [5.41, 5.74) is 1.27. The fraction of sp³-hybridized carbons (Fsp3) is 0.714. The van der Waals surface area contributed by atoms with Crippen molar-refractivity contribution in [2.24, 2.45) is 0 Å². The zero-order chi connectivity index (χ0) is 12.6. The van der Waals surface area contributed by atoms with Crippen molar-refractivity contribution in [3.05, 3.63) is 17.8 Å². The maximum atomic E-state index is 4.39. The summed E-state index contributed by atoms with van der Waals surface area (Å²) in [4.78, 5) is 2.37. The Balaban J connectivity index is 1.66. The van der Waals surface area contributed by atoms with Crippen molar-refractivity contribution in [1.29, 1.82) is 0 Å². The Hall–Kier alpha value is -1.16. The van der Waals surface area contributed by atoms with E-state index < -0.39 is 0 Å². The highest BCUT2D eigenvalue weighted by atomic mass is 15.3. The molecule has 1 aliphatic heterocycles. The molecule has 0 unspecified atom stereocenters. The van der Waals surface area contributed by atoms with E-state index in [9.17, 15) is 0 Å². The molecule has 0 atom stereocenters. The van der Waals surface area contributed by atoms with Crippen LogP contribution < -0.4 is 10.2 Å². The first-order chi connectivity index (χ1) is 8.65. The lowest BCUT2D eigenvalue weighted by atomic mass is 10.0. The number of hydrogen-bond acceptors (Lipinski definition) is 4. The quantitative estimate of drug-likeness (QED) is 0.883. The van der Waals surface area contributed by atoms with E-state index in [1.54, 1.807) is 0 Å². The third kappa shape index (κ3) is 2.48. The molecule has 0 radical (unpaired) electrons. The van der Waals surface area contributed by atoms with Crippen LogP contribution in [-0.4, -0.2) is 28.3 Å². The van der Waals surface area contributed by atoms with Crippen molar-refractivity contribution in [2.75, 3.05) is 11.4 Å². The smallest absolute Gasteiger partial charge is 0.151 e. The first kappa shape index (κ1) is 11.9. The Bertz CT molecular complexity index is 408. The zero-order valence-corrected chi connectivity index (χ0v) is 11.3. The molecule has 1 aromatic rings. The fourth-order valence-electron chi connectivity index (χ4n) is 2.66. The minimum absolute atomic E-state index is 0.225. The summed E-state index contributed by atoms with van der Waals surface area (Å²) in [6.07, 6.45) is 5.11. The lowest BCUT2D eigenvalue weighted by Gasteiger charge is -2.32. The Morgan fingerprint density at radius 2 is 2.17 bits per heavy atom. The van der Waals surface area contributed by atoms with Gasteiger partial charge in [0.25, 0.3) is 0 Å². The second-order valence-corrected chi connectivity index (χ2v) is 6.11. The van der Waals surface area contributed by atoms with Gasteiger partial charge in [-0.15, -0.1) is 5.10 Å². The molecule has 1 aromatic heterocycles. The van der Waals surface area contributed by atoms with Crippen molar-refractivity contribution in [3.63, 3.8) is 0 Å². The van der Waals surface area contributed by atoms with Crippen molar-refractivity contribution in [1.82, 2.24) is 15.5 Å². The molecule has 1 N–H and O–H groups in total. The molecular formula is C14H22N4. The molecule has 3 rings (SSSR count). The van der Waals surface area contributed by atoms with Gasteiger partial charge < -0.3 is 10.2 Å². The van der Waals surface area contributed by atoms with E-state index in [0.717, 1.165) is 30.6 Å². The maximum Gasteiger partial charge on any atom is 0.151 e. The number of hydrogen-bond donors (Lipinski definition) is 1. The average Bonchev–Trinajstić information content (AvgIpc) is 3.11. The molecule has 0 bridgehead atoms. The van der Waals surface area contributed by atoms with Crippen LogP contribution in [-0.2, 0) is 6.54 Å². The Labute approximate surface area is 109 Å². The van der Waals surface area contributed by atoms with Crippen LogP contribution in [0.5, 0.6) is 0 Å². The van der Waals surface area contributed by atoms with E-state index in [2.05, 4.69) is 46.4 Å². The summed E-state index contributed by atoms with van der Waals surface area (Å²) < 4.78 is 0. The van der Waals surface area contributed by atoms with Crippen molar-refractivity contribution >= 4 is 5.82 Å². The molecule has 2 fully saturated rings. The van der Waals surface area contributed by atoms with Gasteiger partial charge in [-0.2, -0.15) is 5.10 Å². The molecule has 98 valence electrons. The highest BCUT2D eigenvalue weighted by Crippen LogP contribution is 2.31. The molecule has 0 amide bonds. The van der Waals surface area contributed by atoms with E-state index in [0.29, 0.717) is 0 Å². The van der Waals surface area contributed by atoms with Crippen LogP contribution in [0.4, 0.5) is 5.82 Å². The molecule has 1 saturated carbocycles. The number of nitrogens with zero attached hydrogens (tertiary/aromatic N) is 3. The molecule has 4 heteroatoms. The van der Waals surface area contributed by atoms with E-state index in [1.165, 1.54) is 25.7 Å². The Morgan fingerprint density at radius 3 is 2.72 bits per heavy atom. The van der Waals surface area contributed by atoms with Gasteiger partial charge in [-0.3, -0.25) is 0 Å². The van der Waals surface area contributed by atoms with Gasteiger partial charge in [0, 0.05) is 24.7 Å². The SMILES string of the molecule is CC1(C)CCCN1c1ccc(CNC2CC2)nn1. The van der Waals surface area contributed by atoms with E-state index >= 15 is 0 Å². The Morgan fingerprint density at radius 1 is 1.33 bits per heavy atom.